The molecule has 7 nitrogen and oxygen atoms in total. The van der Waals surface area contributed by atoms with Crippen LogP contribution in [0.1, 0.15) is 30.1 Å². The van der Waals surface area contributed by atoms with E-state index in [4.69, 9.17) is 4.74 Å². The Hall–Kier alpha value is -2.87. The van der Waals surface area contributed by atoms with Gasteiger partial charge in [-0.05, 0) is 43.7 Å². The zero-order valence-corrected chi connectivity index (χ0v) is 16.7. The van der Waals surface area contributed by atoms with Gasteiger partial charge in [-0.1, -0.05) is 24.3 Å². The quantitative estimate of drug-likeness (QED) is 0.649. The lowest BCUT2D eigenvalue weighted by atomic mass is 10.2. The summed E-state index contributed by atoms with van der Waals surface area (Å²) in [5.74, 6) is -0.715. The van der Waals surface area contributed by atoms with Crippen molar-refractivity contribution in [3.05, 3.63) is 60.2 Å². The van der Waals surface area contributed by atoms with E-state index in [1.54, 1.807) is 55.5 Å². The maximum Gasteiger partial charge on any atom is 0.338 e. The summed E-state index contributed by atoms with van der Waals surface area (Å²) in [5, 5.41) is 2.72. The van der Waals surface area contributed by atoms with Crippen molar-refractivity contribution in [1.29, 1.82) is 0 Å². The van der Waals surface area contributed by atoms with Gasteiger partial charge in [0.05, 0.1) is 24.1 Å². The van der Waals surface area contributed by atoms with Gasteiger partial charge in [-0.25, -0.2) is 13.2 Å². The molecule has 150 valence electrons. The minimum Gasteiger partial charge on any atom is -0.462 e. The van der Waals surface area contributed by atoms with Crippen molar-refractivity contribution in [2.45, 2.75) is 19.8 Å². The fourth-order valence-electron chi connectivity index (χ4n) is 2.63. The topological polar surface area (TPSA) is 92.8 Å². The predicted molar refractivity (Wildman–Crippen MR) is 109 cm³/mol. The highest BCUT2D eigenvalue weighted by Crippen LogP contribution is 2.18. The molecule has 0 fully saturated rings. The fourth-order valence-corrected chi connectivity index (χ4v) is 3.59. The molecule has 0 aliphatic heterocycles. The first kappa shape index (κ1) is 21.4. The van der Waals surface area contributed by atoms with E-state index in [0.717, 1.165) is 6.26 Å². The van der Waals surface area contributed by atoms with Gasteiger partial charge in [0, 0.05) is 18.7 Å². The molecule has 0 heterocycles. The minimum atomic E-state index is -3.45. The molecule has 0 radical (unpaired) electrons. The molecule has 0 saturated carbocycles. The number of nitrogens with one attached hydrogen (secondary N) is 1. The highest BCUT2D eigenvalue weighted by Gasteiger charge is 2.17. The molecule has 8 heteroatoms. The van der Waals surface area contributed by atoms with Crippen LogP contribution in [0.4, 0.5) is 11.4 Å². The summed E-state index contributed by atoms with van der Waals surface area (Å²) < 4.78 is 30.3. The van der Waals surface area contributed by atoms with Crippen LogP contribution in [0.2, 0.25) is 0 Å². The summed E-state index contributed by atoms with van der Waals surface area (Å²) in [7, 11) is -3.45. The van der Waals surface area contributed by atoms with E-state index in [2.05, 4.69) is 5.32 Å². The van der Waals surface area contributed by atoms with Crippen LogP contribution in [0.3, 0.4) is 0 Å². The number of ether oxygens (including phenoxy) is 1. The van der Waals surface area contributed by atoms with Gasteiger partial charge in [0.2, 0.25) is 15.9 Å². The number of rotatable bonds is 9. The number of carbonyl (C=O) groups is 2. The summed E-state index contributed by atoms with van der Waals surface area (Å²) in [6.07, 6.45) is 1.63. The fraction of sp³-hybridized carbons (Fsp3) is 0.300. The second-order valence-electron chi connectivity index (χ2n) is 6.12. The van der Waals surface area contributed by atoms with Crippen LogP contribution in [0.5, 0.6) is 0 Å². The van der Waals surface area contributed by atoms with Crippen molar-refractivity contribution in [2.75, 3.05) is 29.0 Å². The van der Waals surface area contributed by atoms with Crippen molar-refractivity contribution in [3.8, 4) is 0 Å². The largest absolute Gasteiger partial charge is 0.462 e. The third-order valence-corrected chi connectivity index (χ3v) is 5.06. The van der Waals surface area contributed by atoms with Crippen molar-refractivity contribution in [3.63, 3.8) is 0 Å². The number of sulfonamides is 1. The van der Waals surface area contributed by atoms with E-state index in [9.17, 15) is 18.0 Å². The summed E-state index contributed by atoms with van der Waals surface area (Å²) in [6, 6.07) is 15.2. The number of hydrogen-bond acceptors (Lipinski definition) is 5. The van der Waals surface area contributed by atoms with E-state index in [-0.39, 0.29) is 25.5 Å². The maximum atomic E-state index is 12.2. The number of hydrogen-bond donors (Lipinski definition) is 1. The van der Waals surface area contributed by atoms with Gasteiger partial charge in [-0.15, -0.1) is 0 Å². The molecular formula is C20H24N2O5S. The second kappa shape index (κ2) is 9.89. The van der Waals surface area contributed by atoms with Crippen molar-refractivity contribution < 1.29 is 22.7 Å². The van der Waals surface area contributed by atoms with Crippen LogP contribution in [-0.2, 0) is 19.6 Å². The highest BCUT2D eigenvalue weighted by atomic mass is 32.2. The number of amides is 1. The molecule has 2 aromatic carbocycles. The average Bonchev–Trinajstić information content (AvgIpc) is 2.65. The van der Waals surface area contributed by atoms with E-state index >= 15 is 0 Å². The smallest absolute Gasteiger partial charge is 0.338 e. The van der Waals surface area contributed by atoms with Crippen LogP contribution in [0, 0.1) is 0 Å². The molecule has 0 unspecified atom stereocenters. The Labute approximate surface area is 165 Å². The lowest BCUT2D eigenvalue weighted by molar-refractivity contribution is -0.116. The molecule has 1 N–H and O–H groups in total. The summed E-state index contributed by atoms with van der Waals surface area (Å²) in [4.78, 5) is 24.0. The standard InChI is InChI=1S/C20H24N2O5S/c1-3-27-20(24)16-9-7-10-17(15-16)21-19(23)13-8-14-22(28(2,25)26)18-11-5-4-6-12-18/h4-7,9-12,15H,3,8,13-14H2,1-2H3,(H,21,23). The van der Waals surface area contributed by atoms with Crippen LogP contribution < -0.4 is 9.62 Å². The molecular weight excluding hydrogens is 380 g/mol. The molecule has 0 aliphatic carbocycles. The van der Waals surface area contributed by atoms with Crippen LogP contribution >= 0.6 is 0 Å². The van der Waals surface area contributed by atoms with Crippen LogP contribution in [0.25, 0.3) is 0 Å². The zero-order chi connectivity index (χ0) is 20.6. The van der Waals surface area contributed by atoms with Gasteiger partial charge in [0.25, 0.3) is 0 Å². The Balaban J connectivity index is 1.93. The monoisotopic (exact) mass is 404 g/mol. The predicted octanol–water partition coefficient (Wildman–Crippen LogP) is 3.05. The first-order valence-electron chi connectivity index (χ1n) is 8.91. The van der Waals surface area contributed by atoms with Crippen LogP contribution in [-0.4, -0.2) is 39.7 Å². The first-order valence-corrected chi connectivity index (χ1v) is 10.8. The van der Waals surface area contributed by atoms with E-state index in [1.165, 1.54) is 4.31 Å². The molecule has 0 aromatic heterocycles. The van der Waals surface area contributed by atoms with Crippen molar-refractivity contribution in [2.24, 2.45) is 0 Å². The molecule has 2 aromatic rings. The number of anilines is 2. The molecule has 0 bridgehead atoms. The van der Waals surface area contributed by atoms with Crippen molar-refractivity contribution >= 4 is 33.3 Å². The summed E-state index contributed by atoms with van der Waals surface area (Å²) >= 11 is 0. The lowest BCUT2D eigenvalue weighted by Gasteiger charge is -2.22. The Bertz CT molecular complexity index is 913. The molecule has 0 spiro atoms. The van der Waals surface area contributed by atoms with Gasteiger partial charge in [-0.2, -0.15) is 0 Å². The Morgan fingerprint density at radius 3 is 2.43 bits per heavy atom. The Morgan fingerprint density at radius 1 is 1.07 bits per heavy atom. The zero-order valence-electron chi connectivity index (χ0n) is 15.9. The Morgan fingerprint density at radius 2 is 1.79 bits per heavy atom. The van der Waals surface area contributed by atoms with Gasteiger partial charge in [0.15, 0.2) is 0 Å². The molecule has 0 atom stereocenters. The normalized spacial score (nSPS) is 10.9. The number of carbonyl (C=O) groups excluding carboxylic acids is 2. The third-order valence-electron chi connectivity index (χ3n) is 3.87. The maximum absolute atomic E-state index is 12.2. The summed E-state index contributed by atoms with van der Waals surface area (Å²) in [5.41, 5.74) is 1.40. The number of benzene rings is 2. The van der Waals surface area contributed by atoms with Gasteiger partial charge < -0.3 is 10.1 Å². The lowest BCUT2D eigenvalue weighted by Crippen LogP contribution is -2.31. The van der Waals surface area contributed by atoms with Gasteiger partial charge in [0.1, 0.15) is 0 Å². The number of esters is 1. The van der Waals surface area contributed by atoms with Gasteiger partial charge in [-0.3, -0.25) is 9.10 Å². The minimum absolute atomic E-state index is 0.141. The van der Waals surface area contributed by atoms with Crippen molar-refractivity contribution in [1.82, 2.24) is 0 Å². The average molecular weight is 404 g/mol. The molecule has 0 aliphatic rings. The molecule has 28 heavy (non-hydrogen) atoms. The van der Waals surface area contributed by atoms with E-state index in [0.29, 0.717) is 23.4 Å². The van der Waals surface area contributed by atoms with E-state index < -0.39 is 16.0 Å². The van der Waals surface area contributed by atoms with E-state index in [1.807, 2.05) is 6.07 Å². The Kier molecular flexibility index (Phi) is 7.57. The van der Waals surface area contributed by atoms with Gasteiger partial charge >= 0.3 is 5.97 Å². The SMILES string of the molecule is CCOC(=O)c1cccc(NC(=O)CCCN(c2ccccc2)S(C)(=O)=O)c1. The first-order chi connectivity index (χ1) is 13.3. The van der Waals surface area contributed by atoms with Crippen LogP contribution in [0.15, 0.2) is 54.6 Å². The molecule has 0 saturated heterocycles. The number of para-hydroxylation sites is 1. The highest BCUT2D eigenvalue weighted by molar-refractivity contribution is 7.92. The summed E-state index contributed by atoms with van der Waals surface area (Å²) in [6.45, 7) is 2.19. The number of nitrogens with zero attached hydrogens (tertiary/aromatic N) is 1. The molecule has 2 rings (SSSR count). The second-order valence-corrected chi connectivity index (χ2v) is 8.03. The third kappa shape index (κ3) is 6.38. The molecule has 1 amide bonds.